The third kappa shape index (κ3) is 1.98. The maximum Gasteiger partial charge on any atom is 0.0891 e. The third-order valence-corrected chi connectivity index (χ3v) is 2.40. The Kier molecular flexibility index (Phi) is 2.72. The highest BCUT2D eigenvalue weighted by molar-refractivity contribution is 4.84. The standard InChI is InChI=1S/C9H17O/c1-9(8-10-2)6-4-3-5-7-9/h8H,3-7H2,1-2H3. The number of methoxy groups -OCH3 is 1. The highest BCUT2D eigenvalue weighted by Gasteiger charge is 2.26. The number of hydrogen-bond donors (Lipinski definition) is 0. The summed E-state index contributed by atoms with van der Waals surface area (Å²) in [5.74, 6) is 0. The van der Waals surface area contributed by atoms with Crippen LogP contribution in [0.2, 0.25) is 0 Å². The zero-order valence-electron chi connectivity index (χ0n) is 7.02. The molecule has 0 aromatic carbocycles. The third-order valence-electron chi connectivity index (χ3n) is 2.40. The van der Waals surface area contributed by atoms with Crippen molar-refractivity contribution in [2.45, 2.75) is 39.0 Å². The van der Waals surface area contributed by atoms with Crippen molar-refractivity contribution in [2.24, 2.45) is 5.41 Å². The van der Waals surface area contributed by atoms with Crippen molar-refractivity contribution in [1.29, 1.82) is 0 Å². The van der Waals surface area contributed by atoms with Crippen LogP contribution in [0.25, 0.3) is 0 Å². The van der Waals surface area contributed by atoms with Crippen LogP contribution in [0, 0.1) is 12.0 Å². The minimum Gasteiger partial charge on any atom is -0.378 e. The van der Waals surface area contributed by atoms with E-state index in [1.807, 2.05) is 6.61 Å². The summed E-state index contributed by atoms with van der Waals surface area (Å²) >= 11 is 0. The van der Waals surface area contributed by atoms with E-state index in [4.69, 9.17) is 4.74 Å². The number of hydrogen-bond acceptors (Lipinski definition) is 1. The Balaban J connectivity index is 2.32. The highest BCUT2D eigenvalue weighted by atomic mass is 16.5. The van der Waals surface area contributed by atoms with Crippen molar-refractivity contribution in [3.05, 3.63) is 6.61 Å². The van der Waals surface area contributed by atoms with E-state index in [1.165, 1.54) is 32.1 Å². The van der Waals surface area contributed by atoms with Gasteiger partial charge in [0.1, 0.15) is 0 Å². The molecule has 1 heteroatoms. The van der Waals surface area contributed by atoms with Crippen molar-refractivity contribution in [2.75, 3.05) is 7.11 Å². The predicted octanol–water partition coefficient (Wildman–Crippen LogP) is 2.76. The van der Waals surface area contributed by atoms with Gasteiger partial charge in [0.25, 0.3) is 0 Å². The molecule has 0 aromatic heterocycles. The van der Waals surface area contributed by atoms with E-state index >= 15 is 0 Å². The van der Waals surface area contributed by atoms with Crippen molar-refractivity contribution in [3.8, 4) is 0 Å². The van der Waals surface area contributed by atoms with E-state index in [9.17, 15) is 0 Å². The molecule has 10 heavy (non-hydrogen) atoms. The molecule has 1 fully saturated rings. The summed E-state index contributed by atoms with van der Waals surface area (Å²) in [6.07, 6.45) is 6.77. The van der Waals surface area contributed by atoms with Crippen LogP contribution in [0.5, 0.6) is 0 Å². The van der Waals surface area contributed by atoms with Gasteiger partial charge >= 0.3 is 0 Å². The Morgan fingerprint density at radius 2 is 1.80 bits per heavy atom. The van der Waals surface area contributed by atoms with Gasteiger partial charge in [-0.05, 0) is 18.3 Å². The second-order valence-electron chi connectivity index (χ2n) is 3.57. The molecule has 0 saturated heterocycles. The first-order valence-corrected chi connectivity index (χ1v) is 4.14. The minimum atomic E-state index is 0.382. The largest absolute Gasteiger partial charge is 0.378 e. The predicted molar refractivity (Wildman–Crippen MR) is 42.5 cm³/mol. The normalized spacial score (nSPS) is 24.6. The van der Waals surface area contributed by atoms with E-state index in [0.717, 1.165) is 0 Å². The molecule has 59 valence electrons. The molecule has 0 aromatic rings. The van der Waals surface area contributed by atoms with Crippen molar-refractivity contribution in [1.82, 2.24) is 0 Å². The van der Waals surface area contributed by atoms with Crippen LogP contribution < -0.4 is 0 Å². The molecular weight excluding hydrogens is 124 g/mol. The Morgan fingerprint density at radius 3 is 2.30 bits per heavy atom. The zero-order chi connectivity index (χ0) is 7.45. The first-order valence-electron chi connectivity index (χ1n) is 4.14. The van der Waals surface area contributed by atoms with Crippen LogP contribution in [0.3, 0.4) is 0 Å². The first-order chi connectivity index (χ1) is 4.77. The van der Waals surface area contributed by atoms with Crippen molar-refractivity contribution >= 4 is 0 Å². The highest BCUT2D eigenvalue weighted by Crippen LogP contribution is 2.37. The molecule has 0 heterocycles. The number of ether oxygens (including phenoxy) is 1. The van der Waals surface area contributed by atoms with Gasteiger partial charge in [0, 0.05) is 7.11 Å². The molecule has 1 radical (unpaired) electrons. The number of rotatable bonds is 2. The van der Waals surface area contributed by atoms with Crippen LogP contribution in [-0.2, 0) is 4.74 Å². The average molecular weight is 141 g/mol. The van der Waals surface area contributed by atoms with E-state index < -0.39 is 0 Å². The average Bonchev–Trinajstić information content (AvgIpc) is 1.89. The fourth-order valence-corrected chi connectivity index (χ4v) is 1.76. The monoisotopic (exact) mass is 141 g/mol. The van der Waals surface area contributed by atoms with Crippen molar-refractivity contribution < 1.29 is 4.74 Å². The summed E-state index contributed by atoms with van der Waals surface area (Å²) in [4.78, 5) is 0. The lowest BCUT2D eigenvalue weighted by Crippen LogP contribution is -2.21. The fourth-order valence-electron chi connectivity index (χ4n) is 1.76. The molecule has 1 nitrogen and oxygen atoms in total. The molecule has 0 spiro atoms. The van der Waals surface area contributed by atoms with E-state index in [-0.39, 0.29) is 0 Å². The fraction of sp³-hybridized carbons (Fsp3) is 0.889. The smallest absolute Gasteiger partial charge is 0.0891 e. The zero-order valence-corrected chi connectivity index (χ0v) is 7.02. The Hall–Kier alpha value is -0.0400. The van der Waals surface area contributed by atoms with Gasteiger partial charge in [0.2, 0.25) is 0 Å². The van der Waals surface area contributed by atoms with Crippen LogP contribution in [-0.4, -0.2) is 7.11 Å². The Bertz CT molecular complexity index is 87.4. The maximum absolute atomic E-state index is 5.06. The second kappa shape index (κ2) is 3.38. The molecule has 0 atom stereocenters. The lowest BCUT2D eigenvalue weighted by molar-refractivity contribution is 0.128. The lowest BCUT2D eigenvalue weighted by atomic mass is 9.76. The molecular formula is C9H17O. The Labute approximate surface area is 63.8 Å². The summed E-state index contributed by atoms with van der Waals surface area (Å²) < 4.78 is 5.06. The summed E-state index contributed by atoms with van der Waals surface area (Å²) in [6.45, 7) is 4.29. The molecule has 1 rings (SSSR count). The topological polar surface area (TPSA) is 9.23 Å². The van der Waals surface area contributed by atoms with E-state index in [1.54, 1.807) is 7.11 Å². The molecule has 1 aliphatic rings. The SMILES string of the molecule is CO[CH]C1(C)CCCCC1. The van der Waals surface area contributed by atoms with Crippen LogP contribution >= 0.6 is 0 Å². The van der Waals surface area contributed by atoms with Gasteiger partial charge in [0.05, 0.1) is 6.61 Å². The molecule has 1 aliphatic carbocycles. The lowest BCUT2D eigenvalue weighted by Gasteiger charge is -2.31. The van der Waals surface area contributed by atoms with Crippen LogP contribution in [0.4, 0.5) is 0 Å². The van der Waals surface area contributed by atoms with Gasteiger partial charge in [-0.15, -0.1) is 0 Å². The Morgan fingerprint density at radius 1 is 1.20 bits per heavy atom. The van der Waals surface area contributed by atoms with Gasteiger partial charge in [0.15, 0.2) is 0 Å². The van der Waals surface area contributed by atoms with E-state index in [0.29, 0.717) is 5.41 Å². The van der Waals surface area contributed by atoms with Gasteiger partial charge in [-0.1, -0.05) is 26.2 Å². The van der Waals surface area contributed by atoms with Gasteiger partial charge in [-0.3, -0.25) is 0 Å². The van der Waals surface area contributed by atoms with Gasteiger partial charge in [-0.25, -0.2) is 0 Å². The van der Waals surface area contributed by atoms with Crippen LogP contribution in [0.15, 0.2) is 0 Å². The molecule has 0 amide bonds. The van der Waals surface area contributed by atoms with Crippen LogP contribution in [0.1, 0.15) is 39.0 Å². The summed E-state index contributed by atoms with van der Waals surface area (Å²) in [5, 5.41) is 0. The molecule has 0 aliphatic heterocycles. The van der Waals surface area contributed by atoms with Crippen molar-refractivity contribution in [3.63, 3.8) is 0 Å². The summed E-state index contributed by atoms with van der Waals surface area (Å²) in [7, 11) is 1.75. The quantitative estimate of drug-likeness (QED) is 0.574. The van der Waals surface area contributed by atoms with Gasteiger partial charge < -0.3 is 4.74 Å². The van der Waals surface area contributed by atoms with Gasteiger partial charge in [-0.2, -0.15) is 0 Å². The minimum absolute atomic E-state index is 0.382. The maximum atomic E-state index is 5.06. The second-order valence-corrected chi connectivity index (χ2v) is 3.57. The first kappa shape index (κ1) is 8.06. The summed E-state index contributed by atoms with van der Waals surface area (Å²) in [5.41, 5.74) is 0.382. The van der Waals surface area contributed by atoms with E-state index in [2.05, 4.69) is 6.92 Å². The molecule has 1 saturated carbocycles. The molecule has 0 unspecified atom stereocenters. The summed E-state index contributed by atoms with van der Waals surface area (Å²) in [6, 6.07) is 0. The molecule has 0 bridgehead atoms. The molecule has 0 N–H and O–H groups in total.